The first-order valence-electron chi connectivity index (χ1n) is 13.0. The van der Waals surface area contributed by atoms with Crippen LogP contribution in [0.2, 0.25) is 0 Å². The van der Waals surface area contributed by atoms with Gasteiger partial charge in [-0.2, -0.15) is 0 Å². The molecule has 0 aliphatic rings. The Morgan fingerprint density at radius 3 is 0.912 bits per heavy atom. The van der Waals surface area contributed by atoms with Crippen LogP contribution in [0.4, 0.5) is 0 Å². The lowest BCUT2D eigenvalue weighted by atomic mass is 10.1. The van der Waals surface area contributed by atoms with Crippen molar-refractivity contribution in [2.75, 3.05) is 7.05 Å². The van der Waals surface area contributed by atoms with Gasteiger partial charge in [-0.25, -0.2) is 33.0 Å². The van der Waals surface area contributed by atoms with Crippen LogP contribution in [0.15, 0.2) is 0 Å². The number of amides is 3. The van der Waals surface area contributed by atoms with Crippen LogP contribution in [-0.4, -0.2) is 29.3 Å². The van der Waals surface area contributed by atoms with E-state index in [-0.39, 0.29) is 17.7 Å². The van der Waals surface area contributed by atoms with Crippen molar-refractivity contribution in [1.29, 1.82) is 0 Å². The Morgan fingerprint density at radius 2 is 0.706 bits per heavy atom. The summed E-state index contributed by atoms with van der Waals surface area (Å²) in [5, 5.41) is 0. The molecule has 0 spiro atoms. The van der Waals surface area contributed by atoms with Gasteiger partial charge in [-0.05, 0) is 19.3 Å². The Labute approximate surface area is 209 Å². The summed E-state index contributed by atoms with van der Waals surface area (Å²) in [6.45, 7) is 6.49. The molecule has 0 aliphatic heterocycles. The highest BCUT2D eigenvalue weighted by molar-refractivity contribution is 5.97. The summed E-state index contributed by atoms with van der Waals surface area (Å²) in [6, 6.07) is 0. The molecule has 0 heterocycles. The topological polar surface area (TPSA) is 143 Å². The van der Waals surface area contributed by atoms with Crippen molar-refractivity contribution in [3.63, 3.8) is 0 Å². The molecular formula is C25H48ClNO7. The molecular weight excluding hydrogens is 462 g/mol. The SMILES string of the molecule is CCCCCCCC(=O)[N+](C)(C(=O)CCCCCCC)C(=O)CCCCCCC.[O-][Cl+3]([O-])([O-])[O-]. The number of nitrogens with zero attached hydrogens (tertiary/aromatic N) is 1. The predicted molar refractivity (Wildman–Crippen MR) is 121 cm³/mol. The van der Waals surface area contributed by atoms with Crippen LogP contribution in [0.5, 0.6) is 0 Å². The fourth-order valence-corrected chi connectivity index (χ4v) is 3.73. The summed E-state index contributed by atoms with van der Waals surface area (Å²) in [7, 11) is -3.38. The fourth-order valence-electron chi connectivity index (χ4n) is 3.73. The third kappa shape index (κ3) is 19.4. The Bertz CT molecular complexity index is 479. The van der Waals surface area contributed by atoms with Crippen LogP contribution in [0.1, 0.15) is 136 Å². The van der Waals surface area contributed by atoms with Crippen LogP contribution in [-0.2, 0) is 14.4 Å². The highest BCUT2D eigenvalue weighted by Gasteiger charge is 2.45. The number of unbranched alkanes of at least 4 members (excludes halogenated alkanes) is 12. The van der Waals surface area contributed by atoms with Gasteiger partial charge in [0, 0.05) is 0 Å². The number of imide groups is 3. The van der Waals surface area contributed by atoms with E-state index in [0.717, 1.165) is 77.0 Å². The highest BCUT2D eigenvalue weighted by atomic mass is 35.7. The summed E-state index contributed by atoms with van der Waals surface area (Å²) < 4.78 is 33.4. The maximum Gasteiger partial charge on any atom is 0.328 e. The van der Waals surface area contributed by atoms with Gasteiger partial charge in [0.15, 0.2) is 0 Å². The van der Waals surface area contributed by atoms with E-state index in [1.807, 2.05) is 0 Å². The fraction of sp³-hybridized carbons (Fsp3) is 0.880. The Balaban J connectivity index is 0. The molecule has 0 aliphatic carbocycles. The van der Waals surface area contributed by atoms with Gasteiger partial charge in [-0.3, -0.25) is 0 Å². The van der Waals surface area contributed by atoms with Gasteiger partial charge >= 0.3 is 17.7 Å². The van der Waals surface area contributed by atoms with Gasteiger partial charge in [0.25, 0.3) is 0 Å². The molecule has 0 rings (SSSR count). The van der Waals surface area contributed by atoms with E-state index in [4.69, 9.17) is 18.6 Å². The molecule has 0 N–H and O–H groups in total. The molecule has 0 saturated carbocycles. The summed E-state index contributed by atoms with van der Waals surface area (Å²) in [5.74, 6) is -0.587. The highest BCUT2D eigenvalue weighted by Crippen LogP contribution is 2.20. The second-order valence-electron chi connectivity index (χ2n) is 9.06. The molecule has 0 saturated heterocycles. The number of quaternary nitrogens is 1. The number of carbonyl (C=O) groups is 3. The average molecular weight is 510 g/mol. The first-order chi connectivity index (χ1) is 15.9. The smallest absolute Gasteiger partial charge is 0.230 e. The molecule has 0 aromatic rings. The van der Waals surface area contributed by atoms with E-state index < -0.39 is 14.7 Å². The van der Waals surface area contributed by atoms with Crippen LogP contribution < -0.4 is 18.6 Å². The molecule has 0 radical (unpaired) electrons. The quantitative estimate of drug-likeness (QED) is 0.203. The molecule has 0 fully saturated rings. The van der Waals surface area contributed by atoms with E-state index in [1.54, 1.807) is 7.05 Å². The van der Waals surface area contributed by atoms with E-state index in [9.17, 15) is 14.4 Å². The minimum absolute atomic E-state index is 0.196. The van der Waals surface area contributed by atoms with Gasteiger partial charge in [0.1, 0.15) is 0 Å². The van der Waals surface area contributed by atoms with Gasteiger partial charge in [0.05, 0.1) is 26.3 Å². The summed E-state index contributed by atoms with van der Waals surface area (Å²) in [4.78, 5) is 38.9. The third-order valence-corrected chi connectivity index (χ3v) is 5.98. The predicted octanol–water partition coefficient (Wildman–Crippen LogP) is 2.34. The van der Waals surface area contributed by atoms with E-state index in [0.29, 0.717) is 19.3 Å². The van der Waals surface area contributed by atoms with E-state index in [2.05, 4.69) is 20.8 Å². The van der Waals surface area contributed by atoms with E-state index in [1.165, 1.54) is 19.3 Å². The zero-order chi connectivity index (χ0) is 26.5. The number of rotatable bonds is 18. The Kier molecular flexibility index (Phi) is 22.2. The maximum absolute atomic E-state index is 13.0. The lowest BCUT2D eigenvalue weighted by Gasteiger charge is -2.26. The minimum atomic E-state index is -4.94. The molecule has 34 heavy (non-hydrogen) atoms. The van der Waals surface area contributed by atoms with Crippen molar-refractivity contribution in [2.45, 2.75) is 136 Å². The molecule has 0 aromatic heterocycles. The van der Waals surface area contributed by atoms with Gasteiger partial charge < -0.3 is 0 Å². The summed E-state index contributed by atoms with van der Waals surface area (Å²) in [5.41, 5.74) is 0. The van der Waals surface area contributed by atoms with Crippen molar-refractivity contribution in [3.05, 3.63) is 0 Å². The standard InChI is InChI=1S/C25H48NO3.ClHO4/c1-5-8-11-14-17-20-23(27)26(4,24(28)21-18-15-12-9-6-2)25(29)22-19-16-13-10-7-3;2-1(3,4)5/h5-22H2,1-4H3;(H,2,3,4,5)/q+1;/p-1. The van der Waals surface area contributed by atoms with Gasteiger partial charge in [-0.1, -0.05) is 97.8 Å². The summed E-state index contributed by atoms with van der Waals surface area (Å²) >= 11 is 0. The number of halogens is 1. The van der Waals surface area contributed by atoms with Crippen LogP contribution in [0.3, 0.4) is 0 Å². The maximum atomic E-state index is 13.0. The van der Waals surface area contributed by atoms with Crippen molar-refractivity contribution in [2.24, 2.45) is 0 Å². The first-order valence-corrected chi connectivity index (χ1v) is 14.3. The Morgan fingerprint density at radius 1 is 0.500 bits per heavy atom. The average Bonchev–Trinajstić information content (AvgIpc) is 2.76. The minimum Gasteiger partial charge on any atom is -0.230 e. The molecule has 0 unspecified atom stereocenters. The number of hydrogen-bond donors (Lipinski definition) is 0. The lowest BCUT2D eigenvalue weighted by molar-refractivity contribution is -2.00. The van der Waals surface area contributed by atoms with Crippen molar-refractivity contribution >= 4 is 17.7 Å². The number of hydrogen-bond acceptors (Lipinski definition) is 7. The largest absolute Gasteiger partial charge is 0.328 e. The second kappa shape index (κ2) is 21.4. The lowest BCUT2D eigenvalue weighted by Crippen LogP contribution is -2.68. The monoisotopic (exact) mass is 509 g/mol. The first kappa shape index (κ1) is 35.3. The normalized spacial score (nSPS) is 11.6. The van der Waals surface area contributed by atoms with Crippen LogP contribution in [0.25, 0.3) is 0 Å². The molecule has 8 nitrogen and oxygen atoms in total. The van der Waals surface area contributed by atoms with Crippen molar-refractivity contribution < 1.29 is 47.7 Å². The van der Waals surface area contributed by atoms with Gasteiger partial charge in [0.2, 0.25) is 0 Å². The van der Waals surface area contributed by atoms with Crippen LogP contribution >= 0.6 is 0 Å². The second-order valence-corrected chi connectivity index (χ2v) is 9.81. The zero-order valence-corrected chi connectivity index (χ0v) is 22.7. The van der Waals surface area contributed by atoms with Crippen molar-refractivity contribution in [1.82, 2.24) is 0 Å². The van der Waals surface area contributed by atoms with Gasteiger partial charge in [-0.15, -0.1) is 14.7 Å². The van der Waals surface area contributed by atoms with Crippen molar-refractivity contribution in [3.8, 4) is 0 Å². The molecule has 0 aromatic carbocycles. The Hall–Kier alpha value is -0.900. The van der Waals surface area contributed by atoms with Crippen LogP contribution in [0, 0.1) is 10.2 Å². The zero-order valence-electron chi connectivity index (χ0n) is 21.9. The molecule has 0 bridgehead atoms. The van der Waals surface area contributed by atoms with E-state index >= 15 is 0 Å². The summed E-state index contributed by atoms with van der Waals surface area (Å²) in [6.07, 6.45) is 16.7. The number of carbonyl (C=O) groups excluding carboxylic acids is 3. The molecule has 0 atom stereocenters. The third-order valence-electron chi connectivity index (χ3n) is 5.98. The molecule has 9 heteroatoms. The molecule has 3 amide bonds. The molecule has 202 valence electrons.